The highest BCUT2D eigenvalue weighted by molar-refractivity contribution is 9.10. The van der Waals surface area contributed by atoms with Crippen LogP contribution in [0.3, 0.4) is 0 Å². The second-order valence-corrected chi connectivity index (χ2v) is 7.89. The zero-order valence-corrected chi connectivity index (χ0v) is 14.7. The zero-order valence-electron chi connectivity index (χ0n) is 10.8. The van der Waals surface area contributed by atoms with E-state index in [4.69, 9.17) is 23.2 Å². The molecular weight excluding hydrogens is 397 g/mol. The van der Waals surface area contributed by atoms with E-state index in [0.29, 0.717) is 4.47 Å². The first-order valence-electron chi connectivity index (χ1n) is 6.04. The Morgan fingerprint density at radius 3 is 2.43 bits per heavy atom. The third kappa shape index (κ3) is 4.44. The molecule has 0 aliphatic rings. The average Bonchev–Trinajstić information content (AvgIpc) is 2.45. The number of sulfonamides is 1. The van der Waals surface area contributed by atoms with Crippen LogP contribution in [0.2, 0.25) is 5.02 Å². The summed E-state index contributed by atoms with van der Waals surface area (Å²) in [6.07, 6.45) is 0. The van der Waals surface area contributed by atoms with E-state index in [1.54, 1.807) is 6.07 Å². The lowest BCUT2D eigenvalue weighted by atomic mass is 10.1. The fourth-order valence-corrected chi connectivity index (χ4v) is 4.13. The van der Waals surface area contributed by atoms with Gasteiger partial charge in [0.15, 0.2) is 0 Å². The van der Waals surface area contributed by atoms with Crippen LogP contribution in [0.25, 0.3) is 0 Å². The van der Waals surface area contributed by atoms with Gasteiger partial charge in [0.25, 0.3) is 0 Å². The predicted octanol–water partition coefficient (Wildman–Crippen LogP) is 4.36. The maximum Gasteiger partial charge on any atom is 0.242 e. The molecule has 0 aliphatic heterocycles. The highest BCUT2D eigenvalue weighted by Crippen LogP contribution is 2.26. The number of rotatable bonds is 5. The number of nitrogens with one attached hydrogen (secondary N) is 1. The van der Waals surface area contributed by atoms with Crippen LogP contribution in [0.5, 0.6) is 0 Å². The van der Waals surface area contributed by atoms with Crippen LogP contribution < -0.4 is 4.72 Å². The van der Waals surface area contributed by atoms with Gasteiger partial charge in [-0.25, -0.2) is 13.1 Å². The van der Waals surface area contributed by atoms with Crippen molar-refractivity contribution in [2.24, 2.45) is 0 Å². The maximum atomic E-state index is 12.2. The molecule has 112 valence electrons. The summed E-state index contributed by atoms with van der Waals surface area (Å²) in [5.41, 5.74) is 0.851. The van der Waals surface area contributed by atoms with Crippen molar-refractivity contribution < 1.29 is 8.42 Å². The van der Waals surface area contributed by atoms with Crippen molar-refractivity contribution in [3.8, 4) is 0 Å². The molecule has 2 aromatic carbocycles. The Bertz CT molecular complexity index is 723. The fraction of sp³-hybridized carbons (Fsp3) is 0.143. The second kappa shape index (κ2) is 7.11. The van der Waals surface area contributed by atoms with Crippen molar-refractivity contribution in [3.05, 3.63) is 63.6 Å². The Labute approximate surface area is 142 Å². The summed E-state index contributed by atoms with van der Waals surface area (Å²) in [6.45, 7) is 0.0836. The molecule has 0 saturated carbocycles. The van der Waals surface area contributed by atoms with Crippen LogP contribution in [-0.4, -0.2) is 15.0 Å². The minimum atomic E-state index is -3.70. The molecular formula is C14H12BrCl2NO2S. The zero-order chi connectivity index (χ0) is 15.5. The van der Waals surface area contributed by atoms with Gasteiger partial charge in [0.05, 0.1) is 10.4 Å². The molecule has 0 fully saturated rings. The highest BCUT2D eigenvalue weighted by atomic mass is 79.9. The number of hydrogen-bond acceptors (Lipinski definition) is 2. The van der Waals surface area contributed by atoms with Gasteiger partial charge >= 0.3 is 0 Å². The van der Waals surface area contributed by atoms with Crippen LogP contribution in [0.1, 0.15) is 10.9 Å². The summed E-state index contributed by atoms with van der Waals surface area (Å²) in [5.74, 6) is 0. The second-order valence-electron chi connectivity index (χ2n) is 4.30. The monoisotopic (exact) mass is 407 g/mol. The molecule has 2 aromatic rings. The standard InChI is InChI=1S/C14H12BrCl2NO2S/c15-11-6-7-14(12(16)8-11)21(19,20)18-9-13(17)10-4-2-1-3-5-10/h1-8,13,18H,9H2. The molecule has 1 atom stereocenters. The first-order valence-corrected chi connectivity index (χ1v) is 9.13. The van der Waals surface area contributed by atoms with Gasteiger partial charge in [-0.2, -0.15) is 0 Å². The number of benzene rings is 2. The van der Waals surface area contributed by atoms with Crippen molar-refractivity contribution in [2.45, 2.75) is 10.3 Å². The lowest BCUT2D eigenvalue weighted by Gasteiger charge is -2.12. The minimum absolute atomic E-state index is 0.0318. The lowest BCUT2D eigenvalue weighted by molar-refractivity contribution is 0.581. The maximum absolute atomic E-state index is 12.2. The molecule has 1 unspecified atom stereocenters. The van der Waals surface area contributed by atoms with Gasteiger partial charge in [0.1, 0.15) is 4.90 Å². The topological polar surface area (TPSA) is 46.2 Å². The van der Waals surface area contributed by atoms with Crippen LogP contribution in [-0.2, 0) is 10.0 Å². The Hall–Kier alpha value is -0.590. The van der Waals surface area contributed by atoms with E-state index < -0.39 is 15.4 Å². The van der Waals surface area contributed by atoms with Crippen molar-refractivity contribution in [2.75, 3.05) is 6.54 Å². The Kier molecular flexibility index (Phi) is 5.68. The Balaban J connectivity index is 2.11. The Morgan fingerprint density at radius 2 is 1.81 bits per heavy atom. The van der Waals surface area contributed by atoms with E-state index >= 15 is 0 Å². The summed E-state index contributed by atoms with van der Waals surface area (Å²) in [4.78, 5) is 0.0318. The Morgan fingerprint density at radius 1 is 1.14 bits per heavy atom. The molecule has 21 heavy (non-hydrogen) atoms. The molecule has 0 spiro atoms. The quantitative estimate of drug-likeness (QED) is 0.747. The van der Waals surface area contributed by atoms with Gasteiger partial charge in [0, 0.05) is 11.0 Å². The van der Waals surface area contributed by atoms with Gasteiger partial charge in [-0.15, -0.1) is 11.6 Å². The van der Waals surface area contributed by atoms with E-state index in [0.717, 1.165) is 5.56 Å². The van der Waals surface area contributed by atoms with Crippen LogP contribution >= 0.6 is 39.1 Å². The average molecular weight is 409 g/mol. The van der Waals surface area contributed by atoms with Crippen LogP contribution in [0.15, 0.2) is 57.9 Å². The molecule has 0 aromatic heterocycles. The molecule has 2 rings (SSSR count). The lowest BCUT2D eigenvalue weighted by Crippen LogP contribution is -2.27. The van der Waals surface area contributed by atoms with Gasteiger partial charge in [-0.1, -0.05) is 57.9 Å². The minimum Gasteiger partial charge on any atom is -0.209 e. The highest BCUT2D eigenvalue weighted by Gasteiger charge is 2.19. The van der Waals surface area contributed by atoms with E-state index in [2.05, 4.69) is 20.7 Å². The summed E-state index contributed by atoms with van der Waals surface area (Å²) >= 11 is 15.4. The molecule has 0 saturated heterocycles. The van der Waals surface area contributed by atoms with Crippen molar-refractivity contribution >= 4 is 49.2 Å². The predicted molar refractivity (Wildman–Crippen MR) is 89.4 cm³/mol. The largest absolute Gasteiger partial charge is 0.242 e. The fourth-order valence-electron chi connectivity index (χ4n) is 1.73. The molecule has 3 nitrogen and oxygen atoms in total. The molecule has 0 heterocycles. The molecule has 0 radical (unpaired) electrons. The van der Waals surface area contributed by atoms with Gasteiger partial charge in [-0.3, -0.25) is 0 Å². The van der Waals surface area contributed by atoms with Crippen LogP contribution in [0, 0.1) is 0 Å². The van der Waals surface area contributed by atoms with Crippen molar-refractivity contribution in [1.29, 1.82) is 0 Å². The summed E-state index contributed by atoms with van der Waals surface area (Å²) in [5, 5.41) is -0.294. The summed E-state index contributed by atoms with van der Waals surface area (Å²) in [6, 6.07) is 13.9. The smallest absolute Gasteiger partial charge is 0.209 e. The van der Waals surface area contributed by atoms with Gasteiger partial charge in [0.2, 0.25) is 10.0 Å². The number of alkyl halides is 1. The summed E-state index contributed by atoms with van der Waals surface area (Å²) < 4.78 is 27.6. The van der Waals surface area contributed by atoms with E-state index in [-0.39, 0.29) is 16.5 Å². The van der Waals surface area contributed by atoms with Crippen molar-refractivity contribution in [1.82, 2.24) is 4.72 Å². The molecule has 1 N–H and O–H groups in total. The third-order valence-electron chi connectivity index (χ3n) is 2.80. The first-order chi connectivity index (χ1) is 9.90. The van der Waals surface area contributed by atoms with Gasteiger partial charge in [-0.05, 0) is 23.8 Å². The van der Waals surface area contributed by atoms with E-state index in [9.17, 15) is 8.42 Å². The van der Waals surface area contributed by atoms with E-state index in [1.807, 2.05) is 30.3 Å². The summed E-state index contributed by atoms with van der Waals surface area (Å²) in [7, 11) is -3.70. The first kappa shape index (κ1) is 16.8. The third-order valence-corrected chi connectivity index (χ3v) is 5.60. The number of hydrogen-bond donors (Lipinski definition) is 1. The SMILES string of the molecule is O=S(=O)(NCC(Cl)c1ccccc1)c1ccc(Br)cc1Cl. The molecule has 0 bridgehead atoms. The molecule has 0 amide bonds. The van der Waals surface area contributed by atoms with Gasteiger partial charge < -0.3 is 0 Å². The van der Waals surface area contributed by atoms with Crippen LogP contribution in [0.4, 0.5) is 0 Å². The van der Waals surface area contributed by atoms with E-state index in [1.165, 1.54) is 12.1 Å². The number of halogens is 3. The normalized spacial score (nSPS) is 13.1. The molecule has 0 aliphatic carbocycles. The van der Waals surface area contributed by atoms with Crippen molar-refractivity contribution in [3.63, 3.8) is 0 Å². The molecule has 7 heteroatoms.